The molecule has 0 amide bonds. The topological polar surface area (TPSA) is 87.9 Å². The first kappa shape index (κ1) is 11.1. The standard InChI is InChI=1S/C14H10N4O/c15-7-9-1-3-10(4-2-9)18-13-11-5-6-17-8-12(11)19-14(13)16/h1-6,8,18H,16H2. The molecule has 2 aromatic heterocycles. The third kappa shape index (κ3) is 1.96. The summed E-state index contributed by atoms with van der Waals surface area (Å²) >= 11 is 0. The number of benzene rings is 1. The van der Waals surface area contributed by atoms with Gasteiger partial charge in [-0.1, -0.05) is 0 Å². The molecule has 92 valence electrons. The zero-order valence-electron chi connectivity index (χ0n) is 9.92. The van der Waals surface area contributed by atoms with Crippen molar-refractivity contribution in [2.24, 2.45) is 0 Å². The van der Waals surface area contributed by atoms with Crippen LogP contribution in [-0.2, 0) is 0 Å². The number of nitrogen functional groups attached to an aromatic ring is 1. The van der Waals surface area contributed by atoms with Gasteiger partial charge in [-0.25, -0.2) is 0 Å². The Hall–Kier alpha value is -3.00. The number of anilines is 3. The van der Waals surface area contributed by atoms with E-state index in [1.165, 1.54) is 0 Å². The number of hydrogen-bond acceptors (Lipinski definition) is 5. The highest BCUT2D eigenvalue weighted by molar-refractivity contribution is 5.97. The highest BCUT2D eigenvalue weighted by atomic mass is 16.3. The van der Waals surface area contributed by atoms with Crippen LogP contribution in [-0.4, -0.2) is 4.98 Å². The van der Waals surface area contributed by atoms with E-state index < -0.39 is 0 Å². The molecule has 0 aliphatic heterocycles. The summed E-state index contributed by atoms with van der Waals surface area (Å²) in [5.41, 5.74) is 8.64. The van der Waals surface area contributed by atoms with Gasteiger partial charge >= 0.3 is 0 Å². The Morgan fingerprint density at radius 1 is 1.21 bits per heavy atom. The molecular weight excluding hydrogens is 240 g/mol. The number of nitrogens with two attached hydrogens (primary N) is 1. The van der Waals surface area contributed by atoms with Crippen LogP contribution in [0.1, 0.15) is 5.56 Å². The molecule has 0 unspecified atom stereocenters. The Morgan fingerprint density at radius 2 is 2.00 bits per heavy atom. The summed E-state index contributed by atoms with van der Waals surface area (Å²) in [7, 11) is 0. The molecule has 0 radical (unpaired) electrons. The van der Waals surface area contributed by atoms with E-state index in [0.717, 1.165) is 11.1 Å². The third-order valence-electron chi connectivity index (χ3n) is 2.80. The fourth-order valence-corrected chi connectivity index (χ4v) is 1.87. The normalized spacial score (nSPS) is 10.3. The quantitative estimate of drug-likeness (QED) is 0.729. The zero-order chi connectivity index (χ0) is 13.2. The maximum absolute atomic E-state index is 8.76. The van der Waals surface area contributed by atoms with E-state index in [9.17, 15) is 0 Å². The van der Waals surface area contributed by atoms with Gasteiger partial charge in [0.25, 0.3) is 0 Å². The van der Waals surface area contributed by atoms with Crippen molar-refractivity contribution < 1.29 is 4.42 Å². The van der Waals surface area contributed by atoms with E-state index in [2.05, 4.69) is 16.4 Å². The van der Waals surface area contributed by atoms with Gasteiger partial charge in [0.15, 0.2) is 5.58 Å². The van der Waals surface area contributed by atoms with Crippen LogP contribution in [0.25, 0.3) is 11.0 Å². The van der Waals surface area contributed by atoms with Gasteiger partial charge in [0.1, 0.15) is 5.69 Å². The lowest BCUT2D eigenvalue weighted by Gasteiger charge is -2.05. The molecule has 1 aromatic carbocycles. The first-order valence-electron chi connectivity index (χ1n) is 5.67. The maximum atomic E-state index is 8.76. The van der Waals surface area contributed by atoms with Crippen LogP contribution < -0.4 is 11.1 Å². The Bertz CT molecular complexity index is 768. The number of rotatable bonds is 2. The van der Waals surface area contributed by atoms with Gasteiger partial charge < -0.3 is 15.5 Å². The van der Waals surface area contributed by atoms with E-state index in [1.807, 2.05) is 18.2 Å². The van der Waals surface area contributed by atoms with E-state index in [-0.39, 0.29) is 0 Å². The lowest BCUT2D eigenvalue weighted by atomic mass is 10.2. The number of nitrogens with one attached hydrogen (secondary N) is 1. The van der Waals surface area contributed by atoms with Crippen LogP contribution in [0.2, 0.25) is 0 Å². The molecule has 0 atom stereocenters. The molecule has 3 aromatic rings. The van der Waals surface area contributed by atoms with Crippen molar-refractivity contribution in [3.8, 4) is 6.07 Å². The average Bonchev–Trinajstić information content (AvgIpc) is 2.76. The molecular formula is C14H10N4O. The minimum Gasteiger partial charge on any atom is -0.437 e. The largest absolute Gasteiger partial charge is 0.437 e. The summed E-state index contributed by atoms with van der Waals surface area (Å²) in [6.45, 7) is 0. The number of fused-ring (bicyclic) bond motifs is 1. The first-order valence-corrected chi connectivity index (χ1v) is 5.67. The molecule has 0 aliphatic carbocycles. The number of nitriles is 1. The predicted molar refractivity (Wildman–Crippen MR) is 72.9 cm³/mol. The molecule has 19 heavy (non-hydrogen) atoms. The van der Waals surface area contributed by atoms with E-state index in [0.29, 0.717) is 22.7 Å². The third-order valence-corrected chi connectivity index (χ3v) is 2.80. The Balaban J connectivity index is 2.00. The molecule has 0 fully saturated rings. The smallest absolute Gasteiger partial charge is 0.215 e. The van der Waals surface area contributed by atoms with Gasteiger partial charge in [0.2, 0.25) is 5.88 Å². The minimum atomic E-state index is 0.312. The summed E-state index contributed by atoms with van der Waals surface area (Å²) in [5.74, 6) is 0.312. The van der Waals surface area contributed by atoms with Crippen molar-refractivity contribution >= 4 is 28.2 Å². The summed E-state index contributed by atoms with van der Waals surface area (Å²) in [4.78, 5) is 3.98. The second-order valence-corrected chi connectivity index (χ2v) is 4.03. The van der Waals surface area contributed by atoms with Crippen LogP contribution in [0.15, 0.2) is 47.1 Å². The van der Waals surface area contributed by atoms with Gasteiger partial charge in [-0.05, 0) is 30.3 Å². The van der Waals surface area contributed by atoms with Crippen molar-refractivity contribution in [1.82, 2.24) is 4.98 Å². The van der Waals surface area contributed by atoms with Crippen LogP contribution in [0, 0.1) is 11.3 Å². The lowest BCUT2D eigenvalue weighted by molar-refractivity contribution is 0.636. The van der Waals surface area contributed by atoms with Gasteiger partial charge in [-0.15, -0.1) is 0 Å². The zero-order valence-corrected chi connectivity index (χ0v) is 9.92. The average molecular weight is 250 g/mol. The molecule has 3 rings (SSSR count). The van der Waals surface area contributed by atoms with Crippen molar-refractivity contribution in [2.45, 2.75) is 0 Å². The van der Waals surface area contributed by atoms with Gasteiger partial charge in [0.05, 0.1) is 17.8 Å². The van der Waals surface area contributed by atoms with E-state index in [4.69, 9.17) is 15.4 Å². The Labute approximate surface area is 109 Å². The fraction of sp³-hybridized carbons (Fsp3) is 0. The van der Waals surface area contributed by atoms with Crippen molar-refractivity contribution in [2.75, 3.05) is 11.1 Å². The van der Waals surface area contributed by atoms with Gasteiger partial charge in [-0.2, -0.15) is 5.26 Å². The second kappa shape index (κ2) is 4.35. The predicted octanol–water partition coefficient (Wildman–Crippen LogP) is 3.03. The number of furan rings is 1. The highest BCUT2D eigenvalue weighted by Crippen LogP contribution is 2.34. The maximum Gasteiger partial charge on any atom is 0.215 e. The SMILES string of the molecule is N#Cc1ccc(Nc2c(N)oc3cnccc23)cc1. The Kier molecular flexibility index (Phi) is 2.54. The molecule has 0 bridgehead atoms. The number of pyridine rings is 1. The molecule has 0 saturated heterocycles. The highest BCUT2D eigenvalue weighted by Gasteiger charge is 2.11. The number of aromatic nitrogens is 1. The van der Waals surface area contributed by atoms with Gasteiger partial charge in [0, 0.05) is 17.3 Å². The number of nitrogens with zero attached hydrogens (tertiary/aromatic N) is 2. The van der Waals surface area contributed by atoms with Crippen molar-refractivity contribution in [3.05, 3.63) is 48.3 Å². The molecule has 5 heteroatoms. The number of hydrogen-bond donors (Lipinski definition) is 2. The minimum absolute atomic E-state index is 0.312. The molecule has 0 spiro atoms. The second-order valence-electron chi connectivity index (χ2n) is 4.03. The van der Waals surface area contributed by atoms with E-state index >= 15 is 0 Å². The molecule has 2 heterocycles. The molecule has 5 nitrogen and oxygen atoms in total. The van der Waals surface area contributed by atoms with Crippen LogP contribution >= 0.6 is 0 Å². The van der Waals surface area contributed by atoms with E-state index in [1.54, 1.807) is 24.5 Å². The summed E-state index contributed by atoms with van der Waals surface area (Å²) in [5, 5.41) is 12.8. The van der Waals surface area contributed by atoms with Crippen molar-refractivity contribution in [1.29, 1.82) is 5.26 Å². The lowest BCUT2D eigenvalue weighted by Crippen LogP contribution is -1.93. The summed E-state index contributed by atoms with van der Waals surface area (Å²) < 4.78 is 5.42. The monoisotopic (exact) mass is 250 g/mol. The van der Waals surface area contributed by atoms with Gasteiger partial charge in [-0.3, -0.25) is 4.98 Å². The molecule has 3 N–H and O–H groups in total. The fourth-order valence-electron chi connectivity index (χ4n) is 1.87. The Morgan fingerprint density at radius 3 is 2.74 bits per heavy atom. The van der Waals surface area contributed by atoms with Crippen LogP contribution in [0.5, 0.6) is 0 Å². The van der Waals surface area contributed by atoms with Crippen LogP contribution in [0.3, 0.4) is 0 Å². The molecule has 0 saturated carbocycles. The van der Waals surface area contributed by atoms with Crippen molar-refractivity contribution in [3.63, 3.8) is 0 Å². The van der Waals surface area contributed by atoms with Crippen LogP contribution in [0.4, 0.5) is 17.3 Å². The summed E-state index contributed by atoms with van der Waals surface area (Å²) in [6.07, 6.45) is 3.30. The first-order chi connectivity index (χ1) is 9.28. The summed E-state index contributed by atoms with van der Waals surface area (Å²) in [6, 6.07) is 11.0. The molecule has 0 aliphatic rings.